The highest BCUT2D eigenvalue weighted by molar-refractivity contribution is 6.04. The Balaban J connectivity index is 1.81. The van der Waals surface area contributed by atoms with E-state index >= 15 is 0 Å². The van der Waals surface area contributed by atoms with Crippen LogP contribution in [0.3, 0.4) is 0 Å². The van der Waals surface area contributed by atoms with Crippen LogP contribution in [0.2, 0.25) is 0 Å². The Kier molecular flexibility index (Phi) is 6.45. The summed E-state index contributed by atoms with van der Waals surface area (Å²) in [5.41, 5.74) is 4.46. The van der Waals surface area contributed by atoms with Crippen molar-refractivity contribution in [2.45, 2.75) is 25.6 Å². The van der Waals surface area contributed by atoms with Gasteiger partial charge in [-0.1, -0.05) is 18.2 Å². The smallest absolute Gasteiger partial charge is 0.433 e. The Morgan fingerprint density at radius 1 is 1.03 bits per heavy atom. The van der Waals surface area contributed by atoms with E-state index in [1.165, 1.54) is 48.5 Å². The minimum absolute atomic E-state index is 0.0567. The van der Waals surface area contributed by atoms with Crippen molar-refractivity contribution in [2.24, 2.45) is 5.73 Å². The molecule has 3 rings (SSSR count). The fourth-order valence-electron chi connectivity index (χ4n) is 2.77. The van der Waals surface area contributed by atoms with Crippen molar-refractivity contribution in [2.75, 3.05) is 5.32 Å². The molecule has 0 saturated carbocycles. The van der Waals surface area contributed by atoms with Gasteiger partial charge in [-0.05, 0) is 42.0 Å². The molecule has 0 bridgehead atoms. The number of anilines is 1. The quantitative estimate of drug-likeness (QED) is 0.471. The number of alkyl halides is 5. The van der Waals surface area contributed by atoms with Gasteiger partial charge in [0.2, 0.25) is 5.88 Å². The molecule has 1 heterocycles. The normalized spacial score (nSPS) is 11.8. The second-order valence-corrected chi connectivity index (χ2v) is 6.95. The highest BCUT2D eigenvalue weighted by Crippen LogP contribution is 2.32. The largest absolute Gasteiger partial charge is 0.439 e. The average Bonchev–Trinajstić information content (AvgIpc) is 2.72. The number of nitrogens with zero attached hydrogens (tertiary/aromatic N) is 1. The molecule has 0 aliphatic heterocycles. The van der Waals surface area contributed by atoms with Crippen molar-refractivity contribution in [1.29, 1.82) is 0 Å². The van der Waals surface area contributed by atoms with Crippen LogP contribution < -0.4 is 15.8 Å². The zero-order valence-electron chi connectivity index (χ0n) is 16.7. The standard InChI is InChI=1S/C22H18F5N3O2/c1-21(23,24)15-5-3-6-16(11-15)29-20(31)14-4-2-7-17(10-14)32-19-9-13(12-28)8-18(30-19)22(25,26)27/h2-11H,12,28H2,1H3,(H,29,31). The third-order valence-corrected chi connectivity index (χ3v) is 4.33. The number of rotatable bonds is 6. The van der Waals surface area contributed by atoms with Crippen LogP contribution in [0.1, 0.15) is 34.1 Å². The van der Waals surface area contributed by atoms with Crippen LogP contribution in [-0.4, -0.2) is 10.9 Å². The zero-order valence-corrected chi connectivity index (χ0v) is 16.7. The van der Waals surface area contributed by atoms with Gasteiger partial charge < -0.3 is 15.8 Å². The molecule has 1 aromatic heterocycles. The van der Waals surface area contributed by atoms with Crippen LogP contribution in [0, 0.1) is 0 Å². The monoisotopic (exact) mass is 451 g/mol. The first-order valence-electron chi connectivity index (χ1n) is 9.31. The number of ether oxygens (including phenoxy) is 1. The van der Waals surface area contributed by atoms with Crippen molar-refractivity contribution in [3.8, 4) is 11.6 Å². The Morgan fingerprint density at radius 3 is 2.41 bits per heavy atom. The van der Waals surface area contributed by atoms with Crippen LogP contribution in [0.4, 0.5) is 27.6 Å². The molecule has 0 unspecified atom stereocenters. The number of aromatic nitrogens is 1. The number of pyridine rings is 1. The molecule has 0 aliphatic rings. The molecule has 3 aromatic rings. The Labute approximate surface area is 180 Å². The Bertz CT molecular complexity index is 1130. The fourth-order valence-corrected chi connectivity index (χ4v) is 2.77. The molecule has 3 N–H and O–H groups in total. The van der Waals surface area contributed by atoms with Gasteiger partial charge in [-0.3, -0.25) is 4.79 Å². The lowest BCUT2D eigenvalue weighted by Gasteiger charge is -2.13. The molecule has 10 heteroatoms. The molecule has 0 fully saturated rings. The molecule has 32 heavy (non-hydrogen) atoms. The van der Waals surface area contributed by atoms with Crippen LogP contribution in [0.25, 0.3) is 0 Å². The van der Waals surface area contributed by atoms with Crippen molar-refractivity contribution in [1.82, 2.24) is 4.98 Å². The van der Waals surface area contributed by atoms with E-state index in [-0.39, 0.29) is 40.6 Å². The van der Waals surface area contributed by atoms with Gasteiger partial charge in [0, 0.05) is 36.3 Å². The lowest BCUT2D eigenvalue weighted by atomic mass is 10.1. The van der Waals surface area contributed by atoms with Crippen LogP contribution in [0.15, 0.2) is 60.7 Å². The summed E-state index contributed by atoms with van der Waals surface area (Å²) < 4.78 is 71.5. The average molecular weight is 451 g/mol. The topological polar surface area (TPSA) is 77.2 Å². The van der Waals surface area contributed by atoms with Gasteiger partial charge in [0.05, 0.1) is 0 Å². The van der Waals surface area contributed by atoms with Gasteiger partial charge in [-0.25, -0.2) is 13.8 Å². The fraction of sp³-hybridized carbons (Fsp3) is 0.182. The summed E-state index contributed by atoms with van der Waals surface area (Å²) >= 11 is 0. The van der Waals surface area contributed by atoms with Crippen LogP contribution >= 0.6 is 0 Å². The van der Waals surface area contributed by atoms with Gasteiger partial charge in [0.15, 0.2) is 0 Å². The summed E-state index contributed by atoms with van der Waals surface area (Å²) in [6, 6.07) is 12.9. The Morgan fingerprint density at radius 2 is 1.75 bits per heavy atom. The van der Waals surface area contributed by atoms with E-state index in [2.05, 4.69) is 10.3 Å². The molecular weight excluding hydrogens is 433 g/mol. The van der Waals surface area contributed by atoms with Gasteiger partial charge in [-0.15, -0.1) is 0 Å². The third kappa shape index (κ3) is 5.79. The zero-order chi connectivity index (χ0) is 23.5. The number of hydrogen-bond acceptors (Lipinski definition) is 4. The molecule has 0 radical (unpaired) electrons. The van der Waals surface area contributed by atoms with E-state index in [9.17, 15) is 26.7 Å². The van der Waals surface area contributed by atoms with Crippen molar-refractivity contribution in [3.63, 3.8) is 0 Å². The number of nitrogens with two attached hydrogens (primary N) is 1. The second-order valence-electron chi connectivity index (χ2n) is 6.95. The molecule has 168 valence electrons. The van der Waals surface area contributed by atoms with E-state index in [1.807, 2.05) is 0 Å². The highest BCUT2D eigenvalue weighted by Gasteiger charge is 2.33. The molecule has 0 aliphatic carbocycles. The summed E-state index contributed by atoms with van der Waals surface area (Å²) in [5.74, 6) is -3.97. The number of carbonyl (C=O) groups excluding carboxylic acids is 1. The summed E-state index contributed by atoms with van der Waals surface area (Å²) in [5, 5.41) is 2.50. The van der Waals surface area contributed by atoms with E-state index in [1.54, 1.807) is 0 Å². The van der Waals surface area contributed by atoms with Crippen LogP contribution in [0.5, 0.6) is 11.6 Å². The van der Waals surface area contributed by atoms with Gasteiger partial charge in [-0.2, -0.15) is 13.2 Å². The molecular formula is C22H18F5N3O2. The third-order valence-electron chi connectivity index (χ3n) is 4.33. The van der Waals surface area contributed by atoms with Crippen molar-refractivity contribution < 1.29 is 31.5 Å². The molecule has 1 amide bonds. The number of benzene rings is 2. The first-order valence-corrected chi connectivity index (χ1v) is 9.31. The molecule has 0 saturated heterocycles. The maximum Gasteiger partial charge on any atom is 0.433 e. The van der Waals surface area contributed by atoms with Gasteiger partial charge in [0.25, 0.3) is 11.8 Å². The van der Waals surface area contributed by atoms with E-state index in [4.69, 9.17) is 10.5 Å². The SMILES string of the molecule is CC(F)(F)c1cccc(NC(=O)c2cccc(Oc3cc(CN)cc(C(F)(F)F)n3)c2)c1. The molecule has 5 nitrogen and oxygen atoms in total. The van der Waals surface area contributed by atoms with Crippen molar-refractivity contribution in [3.05, 3.63) is 83.0 Å². The lowest BCUT2D eigenvalue weighted by Crippen LogP contribution is -2.13. The first-order chi connectivity index (χ1) is 15.0. The highest BCUT2D eigenvalue weighted by atomic mass is 19.4. The van der Waals surface area contributed by atoms with Gasteiger partial charge in [0.1, 0.15) is 11.4 Å². The summed E-state index contributed by atoms with van der Waals surface area (Å²) in [7, 11) is 0. The molecule has 0 atom stereocenters. The lowest BCUT2D eigenvalue weighted by molar-refractivity contribution is -0.141. The number of carbonyl (C=O) groups is 1. The first kappa shape index (κ1) is 23.1. The predicted molar refractivity (Wildman–Crippen MR) is 108 cm³/mol. The molecule has 0 spiro atoms. The number of hydrogen-bond donors (Lipinski definition) is 2. The number of halogens is 5. The maximum atomic E-state index is 13.5. The summed E-state index contributed by atoms with van der Waals surface area (Å²) in [6.07, 6.45) is -4.69. The number of nitrogens with one attached hydrogen (secondary N) is 1. The van der Waals surface area contributed by atoms with Crippen LogP contribution in [-0.2, 0) is 18.6 Å². The van der Waals surface area contributed by atoms with Crippen molar-refractivity contribution >= 4 is 11.6 Å². The minimum Gasteiger partial charge on any atom is -0.439 e. The maximum absolute atomic E-state index is 13.5. The summed E-state index contributed by atoms with van der Waals surface area (Å²) in [6.45, 7) is 0.590. The Hall–Kier alpha value is -3.53. The van der Waals surface area contributed by atoms with Gasteiger partial charge >= 0.3 is 6.18 Å². The van der Waals surface area contributed by atoms with E-state index < -0.39 is 23.7 Å². The van der Waals surface area contributed by atoms with E-state index in [0.29, 0.717) is 0 Å². The predicted octanol–water partition coefficient (Wildman–Crippen LogP) is 5.72. The second kappa shape index (κ2) is 8.91. The van der Waals surface area contributed by atoms with E-state index in [0.717, 1.165) is 19.1 Å². The number of amides is 1. The minimum atomic E-state index is -4.69. The summed E-state index contributed by atoms with van der Waals surface area (Å²) in [4.78, 5) is 16.0. The molecule has 2 aromatic carbocycles.